The third-order valence-corrected chi connectivity index (χ3v) is 3.64. The smallest absolute Gasteiger partial charge is 0.438 e. The average molecular weight is 318 g/mol. The van der Waals surface area contributed by atoms with Gasteiger partial charge in [0.1, 0.15) is 5.84 Å². The van der Waals surface area contributed by atoms with E-state index in [-0.39, 0.29) is 5.91 Å². The molecule has 8 heteroatoms. The van der Waals surface area contributed by atoms with Crippen LogP contribution in [0.1, 0.15) is 13.3 Å². The van der Waals surface area contributed by atoms with Crippen molar-refractivity contribution in [2.45, 2.75) is 19.6 Å². The summed E-state index contributed by atoms with van der Waals surface area (Å²) in [6, 6.07) is 0. The molecule has 0 radical (unpaired) electrons. The minimum Gasteiger partial charge on any atom is -0.438 e. The van der Waals surface area contributed by atoms with Crippen molar-refractivity contribution in [3.05, 3.63) is 10.1 Å². The van der Waals surface area contributed by atoms with E-state index >= 15 is 0 Å². The number of amides is 1. The van der Waals surface area contributed by atoms with Gasteiger partial charge in [-0.2, -0.15) is 5.10 Å². The standard InChI is InChI=1S/C10H12BrN3O4/c1-5-7(11)8(15)14(6-3-4-12-13-6)9(5)18-10(16)17-2/h9,12H,3-4H2,1-2H3. The molecule has 1 N–H and O–H groups in total. The lowest BCUT2D eigenvalue weighted by Crippen LogP contribution is -2.42. The predicted octanol–water partition coefficient (Wildman–Crippen LogP) is 0.913. The minimum atomic E-state index is -0.842. The number of hydrogen-bond acceptors (Lipinski definition) is 6. The Bertz CT molecular complexity index is 460. The summed E-state index contributed by atoms with van der Waals surface area (Å²) in [6.07, 6.45) is -1.05. The van der Waals surface area contributed by atoms with Gasteiger partial charge in [0.2, 0.25) is 6.23 Å². The topological polar surface area (TPSA) is 80.2 Å². The fraction of sp³-hybridized carbons (Fsp3) is 0.500. The molecule has 0 aromatic rings. The van der Waals surface area contributed by atoms with E-state index in [1.807, 2.05) is 0 Å². The number of carbonyl (C=O) groups is 2. The first-order valence-electron chi connectivity index (χ1n) is 5.30. The van der Waals surface area contributed by atoms with Crippen LogP contribution < -0.4 is 5.43 Å². The number of halogens is 1. The van der Waals surface area contributed by atoms with Crippen LogP contribution in [-0.2, 0) is 14.3 Å². The molecule has 1 unspecified atom stereocenters. The van der Waals surface area contributed by atoms with Crippen LogP contribution >= 0.6 is 15.9 Å². The van der Waals surface area contributed by atoms with Crippen molar-refractivity contribution in [2.24, 2.45) is 5.10 Å². The first-order chi connectivity index (χ1) is 8.56. The molecule has 0 fully saturated rings. The van der Waals surface area contributed by atoms with Gasteiger partial charge in [0.05, 0.1) is 11.6 Å². The number of ether oxygens (including phenoxy) is 2. The molecular weight excluding hydrogens is 306 g/mol. The highest BCUT2D eigenvalue weighted by molar-refractivity contribution is 9.12. The molecule has 2 aliphatic heterocycles. The van der Waals surface area contributed by atoms with Gasteiger partial charge in [0, 0.05) is 18.5 Å². The highest BCUT2D eigenvalue weighted by Crippen LogP contribution is 2.31. The molecule has 0 aliphatic carbocycles. The van der Waals surface area contributed by atoms with E-state index in [1.54, 1.807) is 6.92 Å². The fourth-order valence-electron chi connectivity index (χ4n) is 1.76. The van der Waals surface area contributed by atoms with E-state index in [9.17, 15) is 9.59 Å². The van der Waals surface area contributed by atoms with Gasteiger partial charge in [0.15, 0.2) is 0 Å². The predicted molar refractivity (Wildman–Crippen MR) is 65.8 cm³/mol. The van der Waals surface area contributed by atoms with Crippen molar-refractivity contribution < 1.29 is 19.1 Å². The molecule has 2 heterocycles. The lowest BCUT2D eigenvalue weighted by Gasteiger charge is -2.24. The zero-order valence-electron chi connectivity index (χ0n) is 9.90. The summed E-state index contributed by atoms with van der Waals surface area (Å²) in [7, 11) is 1.21. The van der Waals surface area contributed by atoms with Crippen molar-refractivity contribution in [3.8, 4) is 0 Å². The molecule has 2 rings (SSSR count). The van der Waals surface area contributed by atoms with Crippen LogP contribution in [0.25, 0.3) is 0 Å². The van der Waals surface area contributed by atoms with Crippen LogP contribution in [0.4, 0.5) is 4.79 Å². The van der Waals surface area contributed by atoms with Gasteiger partial charge in [-0.05, 0) is 22.9 Å². The quantitative estimate of drug-likeness (QED) is 0.727. The molecule has 0 aromatic heterocycles. The van der Waals surface area contributed by atoms with Crippen LogP contribution in [0.2, 0.25) is 0 Å². The number of methoxy groups -OCH3 is 1. The minimum absolute atomic E-state index is 0.274. The second-order valence-electron chi connectivity index (χ2n) is 3.78. The molecule has 7 nitrogen and oxygen atoms in total. The van der Waals surface area contributed by atoms with E-state index in [2.05, 4.69) is 31.2 Å². The van der Waals surface area contributed by atoms with Crippen molar-refractivity contribution >= 4 is 33.8 Å². The molecule has 0 saturated carbocycles. The summed E-state index contributed by atoms with van der Waals surface area (Å²) >= 11 is 3.19. The van der Waals surface area contributed by atoms with E-state index in [0.717, 1.165) is 0 Å². The molecule has 2 aliphatic rings. The van der Waals surface area contributed by atoms with Gasteiger partial charge < -0.3 is 14.9 Å². The Morgan fingerprint density at radius 1 is 1.61 bits per heavy atom. The summed E-state index contributed by atoms with van der Waals surface area (Å²) in [5.41, 5.74) is 3.39. The molecule has 0 bridgehead atoms. The Kier molecular flexibility index (Phi) is 3.55. The van der Waals surface area contributed by atoms with Crippen LogP contribution in [0.5, 0.6) is 0 Å². The Morgan fingerprint density at radius 3 is 2.89 bits per heavy atom. The van der Waals surface area contributed by atoms with Crippen LogP contribution in [-0.4, -0.2) is 42.7 Å². The second kappa shape index (κ2) is 4.97. The normalized spacial score (nSPS) is 23.1. The van der Waals surface area contributed by atoms with E-state index in [4.69, 9.17) is 4.74 Å². The Hall–Kier alpha value is -1.57. The zero-order chi connectivity index (χ0) is 13.3. The molecule has 1 amide bonds. The summed E-state index contributed by atoms with van der Waals surface area (Å²) in [6.45, 7) is 2.36. The molecule has 0 aromatic carbocycles. The number of rotatable bonds is 1. The van der Waals surface area contributed by atoms with Crippen LogP contribution in [0, 0.1) is 0 Å². The van der Waals surface area contributed by atoms with Gasteiger partial charge in [-0.25, -0.2) is 4.79 Å². The SMILES string of the molecule is COC(=O)OC1C(C)=C(Br)C(=O)N1C1=NNCC1. The lowest BCUT2D eigenvalue weighted by atomic mass is 10.3. The van der Waals surface area contributed by atoms with Gasteiger partial charge in [-0.3, -0.25) is 9.69 Å². The highest BCUT2D eigenvalue weighted by atomic mass is 79.9. The Labute approximate surface area is 112 Å². The summed E-state index contributed by atoms with van der Waals surface area (Å²) in [5.74, 6) is 0.270. The molecule has 98 valence electrons. The van der Waals surface area contributed by atoms with E-state index < -0.39 is 12.4 Å². The number of hydrogen-bond donors (Lipinski definition) is 1. The number of carbonyl (C=O) groups excluding carboxylic acids is 2. The number of hydrazone groups is 1. The molecular formula is C10H12BrN3O4. The summed E-state index contributed by atoms with van der Waals surface area (Å²) in [4.78, 5) is 24.6. The van der Waals surface area contributed by atoms with Crippen molar-refractivity contribution in [2.75, 3.05) is 13.7 Å². The largest absolute Gasteiger partial charge is 0.510 e. The lowest BCUT2D eigenvalue weighted by molar-refractivity contribution is -0.126. The van der Waals surface area contributed by atoms with E-state index in [1.165, 1.54) is 12.0 Å². The van der Waals surface area contributed by atoms with Crippen molar-refractivity contribution in [3.63, 3.8) is 0 Å². The first-order valence-corrected chi connectivity index (χ1v) is 6.09. The number of nitrogens with one attached hydrogen (secondary N) is 1. The van der Waals surface area contributed by atoms with Crippen molar-refractivity contribution in [1.29, 1.82) is 0 Å². The maximum absolute atomic E-state index is 12.1. The second-order valence-corrected chi connectivity index (χ2v) is 4.58. The molecule has 1 atom stereocenters. The first kappa shape index (κ1) is 12.9. The van der Waals surface area contributed by atoms with E-state index in [0.29, 0.717) is 28.9 Å². The maximum atomic E-state index is 12.1. The van der Waals surface area contributed by atoms with Crippen molar-refractivity contribution in [1.82, 2.24) is 10.3 Å². The molecule has 0 saturated heterocycles. The van der Waals surface area contributed by atoms with Crippen LogP contribution in [0.15, 0.2) is 15.2 Å². The zero-order valence-corrected chi connectivity index (χ0v) is 11.5. The monoisotopic (exact) mass is 317 g/mol. The van der Waals surface area contributed by atoms with Crippen LogP contribution in [0.3, 0.4) is 0 Å². The maximum Gasteiger partial charge on any atom is 0.510 e. The third kappa shape index (κ3) is 2.07. The van der Waals surface area contributed by atoms with Gasteiger partial charge >= 0.3 is 6.16 Å². The molecule has 18 heavy (non-hydrogen) atoms. The average Bonchev–Trinajstić information content (AvgIpc) is 2.94. The molecule has 0 spiro atoms. The van der Waals surface area contributed by atoms with Gasteiger partial charge in [0.25, 0.3) is 5.91 Å². The summed E-state index contributed by atoms with van der Waals surface area (Å²) in [5, 5.41) is 4.01. The Balaban J connectivity index is 2.26. The summed E-state index contributed by atoms with van der Waals surface area (Å²) < 4.78 is 9.92. The van der Waals surface area contributed by atoms with Gasteiger partial charge in [-0.1, -0.05) is 0 Å². The highest BCUT2D eigenvalue weighted by Gasteiger charge is 2.42. The third-order valence-electron chi connectivity index (χ3n) is 2.68. The Morgan fingerprint density at radius 2 is 2.33 bits per heavy atom. The fourth-order valence-corrected chi connectivity index (χ4v) is 2.15. The van der Waals surface area contributed by atoms with Gasteiger partial charge in [-0.15, -0.1) is 0 Å². The number of amidine groups is 1. The number of nitrogens with zero attached hydrogens (tertiary/aromatic N) is 2.